The molecular formula is C30H41N5O5. The van der Waals surface area contributed by atoms with Gasteiger partial charge in [0, 0.05) is 36.1 Å². The lowest BCUT2D eigenvalue weighted by Crippen LogP contribution is -2.58. The molecule has 2 heterocycles. The fraction of sp³-hybridized carbons (Fsp3) is 0.533. The quantitative estimate of drug-likeness (QED) is 0.336. The van der Waals surface area contributed by atoms with E-state index in [2.05, 4.69) is 10.3 Å². The van der Waals surface area contributed by atoms with E-state index in [0.717, 1.165) is 53.5 Å². The van der Waals surface area contributed by atoms with Gasteiger partial charge in [-0.1, -0.05) is 51.3 Å². The van der Waals surface area contributed by atoms with Gasteiger partial charge in [0.1, 0.15) is 11.8 Å². The van der Waals surface area contributed by atoms with Gasteiger partial charge in [-0.15, -0.1) is 0 Å². The van der Waals surface area contributed by atoms with Crippen LogP contribution in [0.25, 0.3) is 10.9 Å². The number of carbonyl (C=O) groups is 3. The van der Waals surface area contributed by atoms with Crippen LogP contribution in [0.4, 0.5) is 4.79 Å². The number of carboxylic acids is 1. The van der Waals surface area contributed by atoms with Gasteiger partial charge in [0.15, 0.2) is 5.69 Å². The number of hydrogen-bond acceptors (Lipinski definition) is 6. The summed E-state index contributed by atoms with van der Waals surface area (Å²) in [5.41, 5.74) is 7.51. The number of carbonyl (C=O) groups excluding carboxylic acids is 2. The van der Waals surface area contributed by atoms with Crippen LogP contribution < -0.4 is 11.1 Å². The maximum Gasteiger partial charge on any atom is 0.358 e. The van der Waals surface area contributed by atoms with Crippen molar-refractivity contribution in [3.05, 3.63) is 53.4 Å². The molecule has 2 atom stereocenters. The third-order valence-electron chi connectivity index (χ3n) is 7.87. The molecule has 1 aliphatic carbocycles. The summed E-state index contributed by atoms with van der Waals surface area (Å²) in [6.07, 6.45) is 7.17. The van der Waals surface area contributed by atoms with Crippen LogP contribution >= 0.6 is 0 Å². The van der Waals surface area contributed by atoms with Crippen LogP contribution in [0.1, 0.15) is 93.0 Å². The summed E-state index contributed by atoms with van der Waals surface area (Å²) in [6, 6.07) is 5.31. The van der Waals surface area contributed by atoms with E-state index >= 15 is 0 Å². The molecule has 0 aliphatic heterocycles. The number of imide groups is 1. The Morgan fingerprint density at radius 3 is 2.50 bits per heavy atom. The largest absolute Gasteiger partial charge is 0.476 e. The van der Waals surface area contributed by atoms with E-state index < -0.39 is 35.5 Å². The summed E-state index contributed by atoms with van der Waals surface area (Å²) in [5, 5.41) is 13.8. The molecule has 3 aromatic rings. The highest BCUT2D eigenvalue weighted by Gasteiger charge is 2.41. The van der Waals surface area contributed by atoms with Crippen molar-refractivity contribution in [3.8, 4) is 0 Å². The molecular weight excluding hydrogens is 510 g/mol. The van der Waals surface area contributed by atoms with Crippen molar-refractivity contribution in [3.63, 3.8) is 0 Å². The molecule has 4 rings (SSSR count). The van der Waals surface area contributed by atoms with E-state index in [1.807, 2.05) is 62.8 Å². The number of nitrogens with one attached hydrogen (secondary N) is 1. The molecule has 10 heteroatoms. The summed E-state index contributed by atoms with van der Waals surface area (Å²) in [6.45, 7) is 7.43. The zero-order valence-corrected chi connectivity index (χ0v) is 24.1. The van der Waals surface area contributed by atoms with Gasteiger partial charge in [-0.2, -0.15) is 0 Å². The molecule has 1 aliphatic rings. The molecule has 0 spiro atoms. The zero-order valence-electron chi connectivity index (χ0n) is 24.1. The fourth-order valence-electron chi connectivity index (χ4n) is 5.80. The molecule has 2 aromatic heterocycles. The van der Waals surface area contributed by atoms with Crippen molar-refractivity contribution in [2.45, 2.75) is 90.3 Å². The molecule has 4 N–H and O–H groups in total. The Balaban J connectivity index is 1.83. The standard InChI is InChI=1S/C30H41N5O5/c1-18(2)15-22(31)27(36)35(29(39)33-30(4)13-9-6-10-14-30)24(26-32-25(28(37)38)19(3)40-26)16-20-17-34(5)23-12-8-7-11-21(20)23/h7-8,11-12,17-18,22,24H,6,9-10,13-16,31H2,1-5H3,(H,33,39)(H,37,38)/t22-,24+/m0/s1. The number of hydrogen-bond donors (Lipinski definition) is 3. The number of rotatable bonds is 9. The summed E-state index contributed by atoms with van der Waals surface area (Å²) in [5.74, 6) is -1.59. The van der Waals surface area contributed by atoms with E-state index in [1.165, 1.54) is 6.92 Å². The minimum atomic E-state index is -1.25. The van der Waals surface area contributed by atoms with Crippen molar-refractivity contribution >= 4 is 28.8 Å². The molecule has 0 radical (unpaired) electrons. The summed E-state index contributed by atoms with van der Waals surface area (Å²) < 4.78 is 7.85. The van der Waals surface area contributed by atoms with Crippen LogP contribution in [0.3, 0.4) is 0 Å². The van der Waals surface area contributed by atoms with Crippen LogP contribution in [0.15, 0.2) is 34.9 Å². The van der Waals surface area contributed by atoms with E-state index in [9.17, 15) is 19.5 Å². The Labute approximate surface area is 234 Å². The van der Waals surface area contributed by atoms with E-state index in [-0.39, 0.29) is 29.7 Å². The molecule has 0 unspecified atom stereocenters. The number of oxazole rings is 1. The van der Waals surface area contributed by atoms with Crippen molar-refractivity contribution in [1.29, 1.82) is 0 Å². The van der Waals surface area contributed by atoms with Crippen molar-refractivity contribution in [2.24, 2.45) is 18.7 Å². The monoisotopic (exact) mass is 551 g/mol. The topological polar surface area (TPSA) is 144 Å². The Hall–Kier alpha value is -3.66. The van der Waals surface area contributed by atoms with Crippen LogP contribution in [0.2, 0.25) is 0 Å². The van der Waals surface area contributed by atoms with Gasteiger partial charge < -0.3 is 25.1 Å². The van der Waals surface area contributed by atoms with Gasteiger partial charge in [0.25, 0.3) is 0 Å². The predicted octanol–water partition coefficient (Wildman–Crippen LogP) is 5.09. The number of fused-ring (bicyclic) bond motifs is 1. The first kappa shape index (κ1) is 29.3. The van der Waals surface area contributed by atoms with Crippen molar-refractivity contribution in [1.82, 2.24) is 19.8 Å². The van der Waals surface area contributed by atoms with Gasteiger partial charge >= 0.3 is 12.0 Å². The highest BCUT2D eigenvalue weighted by Crippen LogP contribution is 2.33. The number of carboxylic acid groups (broad SMARTS) is 1. The second-order valence-electron chi connectivity index (χ2n) is 11.8. The number of aromatic carboxylic acids is 1. The van der Waals surface area contributed by atoms with Gasteiger partial charge in [0.2, 0.25) is 11.8 Å². The Kier molecular flexibility index (Phi) is 8.68. The molecule has 1 fully saturated rings. The Morgan fingerprint density at radius 2 is 1.88 bits per heavy atom. The number of benzene rings is 1. The first-order valence-electron chi connectivity index (χ1n) is 14.0. The molecule has 40 heavy (non-hydrogen) atoms. The molecule has 216 valence electrons. The lowest BCUT2D eigenvalue weighted by Gasteiger charge is -2.38. The lowest BCUT2D eigenvalue weighted by molar-refractivity contribution is -0.132. The minimum Gasteiger partial charge on any atom is -0.476 e. The molecule has 0 saturated heterocycles. The Bertz CT molecular complexity index is 1380. The smallest absolute Gasteiger partial charge is 0.358 e. The molecule has 3 amide bonds. The van der Waals surface area contributed by atoms with Gasteiger partial charge in [-0.05, 0) is 50.7 Å². The van der Waals surface area contributed by atoms with E-state index in [4.69, 9.17) is 10.2 Å². The van der Waals surface area contributed by atoms with Gasteiger partial charge in [0.05, 0.1) is 6.04 Å². The number of nitrogens with zero attached hydrogens (tertiary/aromatic N) is 3. The third-order valence-corrected chi connectivity index (χ3v) is 7.87. The highest BCUT2D eigenvalue weighted by molar-refractivity contribution is 5.98. The average Bonchev–Trinajstić information content (AvgIpc) is 3.43. The van der Waals surface area contributed by atoms with Gasteiger partial charge in [-0.25, -0.2) is 14.6 Å². The first-order valence-corrected chi connectivity index (χ1v) is 14.0. The van der Waals surface area contributed by atoms with Crippen LogP contribution in [0.5, 0.6) is 0 Å². The van der Waals surface area contributed by atoms with Crippen LogP contribution in [0, 0.1) is 12.8 Å². The summed E-state index contributed by atoms with van der Waals surface area (Å²) in [4.78, 5) is 45.4. The molecule has 1 aromatic carbocycles. The highest BCUT2D eigenvalue weighted by atomic mass is 16.4. The number of urea groups is 1. The Morgan fingerprint density at radius 1 is 1.20 bits per heavy atom. The minimum absolute atomic E-state index is 0.0168. The number of amides is 3. The van der Waals surface area contributed by atoms with Gasteiger partial charge in [-0.3, -0.25) is 9.69 Å². The van der Waals surface area contributed by atoms with E-state index in [0.29, 0.717) is 6.42 Å². The maximum atomic E-state index is 14.1. The predicted molar refractivity (Wildman–Crippen MR) is 152 cm³/mol. The first-order chi connectivity index (χ1) is 18.9. The van der Waals surface area contributed by atoms with Crippen molar-refractivity contribution in [2.75, 3.05) is 0 Å². The SMILES string of the molecule is Cc1oc([C@@H](Cc2cn(C)c3ccccc23)N(C(=O)NC2(C)CCCCC2)C(=O)[C@@H](N)CC(C)C)nc1C(=O)O. The zero-order chi connectivity index (χ0) is 29.2. The molecule has 0 bridgehead atoms. The average molecular weight is 552 g/mol. The van der Waals surface area contributed by atoms with E-state index in [1.54, 1.807) is 0 Å². The van der Waals surface area contributed by atoms with Crippen molar-refractivity contribution < 1.29 is 23.9 Å². The molecule has 10 nitrogen and oxygen atoms in total. The number of aryl methyl sites for hydroxylation is 2. The number of nitrogens with two attached hydrogens (primary N) is 1. The van der Waals surface area contributed by atoms with Crippen LogP contribution in [-0.4, -0.2) is 49.0 Å². The lowest BCUT2D eigenvalue weighted by atomic mass is 9.83. The summed E-state index contributed by atoms with van der Waals surface area (Å²) in [7, 11) is 1.93. The maximum absolute atomic E-state index is 14.1. The summed E-state index contributed by atoms with van der Waals surface area (Å²) >= 11 is 0. The number of para-hydroxylation sites is 1. The van der Waals surface area contributed by atoms with Crippen LogP contribution in [-0.2, 0) is 18.3 Å². The number of aromatic nitrogens is 2. The fourth-order valence-corrected chi connectivity index (χ4v) is 5.80. The second-order valence-corrected chi connectivity index (χ2v) is 11.8. The normalized spacial score (nSPS) is 16.6. The third kappa shape index (κ3) is 6.22. The second kappa shape index (κ2) is 11.8. The molecule has 1 saturated carbocycles.